The van der Waals surface area contributed by atoms with Crippen LogP contribution in [-0.4, -0.2) is 28.6 Å². The number of nitrogens with zero attached hydrogens (tertiary/aromatic N) is 2. The monoisotopic (exact) mass is 427 g/mol. The van der Waals surface area contributed by atoms with Gasteiger partial charge in [-0.25, -0.2) is 4.98 Å². The molecular weight excluding hydrogens is 398 g/mol. The topological polar surface area (TPSA) is 56.1 Å². The van der Waals surface area contributed by atoms with E-state index in [0.29, 0.717) is 26.1 Å². The van der Waals surface area contributed by atoms with Crippen molar-refractivity contribution in [2.24, 2.45) is 0 Å². The summed E-state index contributed by atoms with van der Waals surface area (Å²) in [6.45, 7) is 7.81. The van der Waals surface area contributed by atoms with Crippen LogP contribution in [0.5, 0.6) is 5.75 Å². The molecule has 4 aromatic rings. The molecule has 0 radical (unpaired) electrons. The summed E-state index contributed by atoms with van der Waals surface area (Å²) >= 11 is 0. The second kappa shape index (κ2) is 9.69. The third-order valence-corrected chi connectivity index (χ3v) is 5.57. The summed E-state index contributed by atoms with van der Waals surface area (Å²) in [4.78, 5) is 17.4. The SMILES string of the molecule is Cc1cccc(OCCn2c(CCNC(=O)c3ccc(C)cc3C)nc3ccccc32)c1. The molecule has 1 aromatic heterocycles. The van der Waals surface area contributed by atoms with Gasteiger partial charge in [0, 0.05) is 18.5 Å². The fraction of sp³-hybridized carbons (Fsp3) is 0.259. The van der Waals surface area contributed by atoms with Crippen LogP contribution < -0.4 is 10.1 Å². The molecule has 32 heavy (non-hydrogen) atoms. The van der Waals surface area contributed by atoms with Crippen LogP contribution in [0.15, 0.2) is 66.7 Å². The lowest BCUT2D eigenvalue weighted by Crippen LogP contribution is -2.27. The Morgan fingerprint density at radius 3 is 2.59 bits per heavy atom. The Labute approximate surface area is 189 Å². The Kier molecular flexibility index (Phi) is 6.55. The van der Waals surface area contributed by atoms with Crippen LogP contribution in [0.4, 0.5) is 0 Å². The predicted octanol–water partition coefficient (Wildman–Crippen LogP) is 5.01. The highest BCUT2D eigenvalue weighted by atomic mass is 16.5. The highest BCUT2D eigenvalue weighted by Gasteiger charge is 2.12. The lowest BCUT2D eigenvalue weighted by atomic mass is 10.1. The first kappa shape index (κ1) is 21.6. The highest BCUT2D eigenvalue weighted by molar-refractivity contribution is 5.95. The number of imidazole rings is 1. The summed E-state index contributed by atoms with van der Waals surface area (Å²) in [5.41, 5.74) is 6.07. The first-order valence-electron chi connectivity index (χ1n) is 11.0. The molecule has 0 unspecified atom stereocenters. The molecule has 1 N–H and O–H groups in total. The van der Waals surface area contributed by atoms with Gasteiger partial charge in [-0.2, -0.15) is 0 Å². The van der Waals surface area contributed by atoms with Gasteiger partial charge in [0.1, 0.15) is 18.2 Å². The van der Waals surface area contributed by atoms with Crippen LogP contribution in [-0.2, 0) is 13.0 Å². The van der Waals surface area contributed by atoms with Crippen molar-refractivity contribution < 1.29 is 9.53 Å². The zero-order chi connectivity index (χ0) is 22.5. The molecule has 0 fully saturated rings. The number of amides is 1. The van der Waals surface area contributed by atoms with E-state index in [2.05, 4.69) is 28.9 Å². The van der Waals surface area contributed by atoms with Crippen molar-refractivity contribution in [3.63, 3.8) is 0 Å². The second-order valence-electron chi connectivity index (χ2n) is 8.16. The van der Waals surface area contributed by atoms with Crippen LogP contribution in [0.1, 0.15) is 32.9 Å². The second-order valence-corrected chi connectivity index (χ2v) is 8.16. The number of carbonyl (C=O) groups is 1. The first-order chi connectivity index (χ1) is 15.5. The van der Waals surface area contributed by atoms with Crippen LogP contribution in [0.25, 0.3) is 11.0 Å². The van der Waals surface area contributed by atoms with Gasteiger partial charge in [-0.05, 0) is 62.2 Å². The van der Waals surface area contributed by atoms with Crippen LogP contribution in [0.3, 0.4) is 0 Å². The van der Waals surface area contributed by atoms with Gasteiger partial charge < -0.3 is 14.6 Å². The van der Waals surface area contributed by atoms with Gasteiger partial charge >= 0.3 is 0 Å². The van der Waals surface area contributed by atoms with Crippen molar-refractivity contribution in [3.8, 4) is 5.75 Å². The van der Waals surface area contributed by atoms with Crippen LogP contribution in [0, 0.1) is 20.8 Å². The number of hydrogen-bond donors (Lipinski definition) is 1. The Morgan fingerprint density at radius 1 is 0.969 bits per heavy atom. The maximum absolute atomic E-state index is 12.6. The first-order valence-corrected chi connectivity index (χ1v) is 11.0. The minimum absolute atomic E-state index is 0.0482. The average molecular weight is 428 g/mol. The van der Waals surface area contributed by atoms with E-state index in [4.69, 9.17) is 9.72 Å². The van der Waals surface area contributed by atoms with E-state index >= 15 is 0 Å². The molecule has 0 saturated carbocycles. The third kappa shape index (κ3) is 4.99. The summed E-state index contributed by atoms with van der Waals surface area (Å²) in [5, 5.41) is 3.04. The molecule has 0 aliphatic carbocycles. The standard InChI is InChI=1S/C27H29N3O2/c1-19-7-6-8-22(18-19)32-16-15-30-25-10-5-4-9-24(25)29-26(30)13-14-28-27(31)23-12-11-20(2)17-21(23)3/h4-12,17-18H,13-16H2,1-3H3,(H,28,31). The number of fused-ring (bicyclic) bond motifs is 1. The van der Waals surface area contributed by atoms with Gasteiger partial charge in [0.05, 0.1) is 17.6 Å². The Hall–Kier alpha value is -3.60. The molecule has 0 aliphatic heterocycles. The van der Waals surface area contributed by atoms with E-state index in [9.17, 15) is 4.79 Å². The fourth-order valence-corrected chi connectivity index (χ4v) is 3.98. The molecule has 5 nitrogen and oxygen atoms in total. The number of nitrogens with one attached hydrogen (secondary N) is 1. The largest absolute Gasteiger partial charge is 0.492 e. The molecule has 0 saturated heterocycles. The van der Waals surface area contributed by atoms with Gasteiger partial charge in [-0.1, -0.05) is 42.0 Å². The minimum Gasteiger partial charge on any atom is -0.492 e. The van der Waals surface area contributed by atoms with Crippen molar-refractivity contribution in [2.75, 3.05) is 13.2 Å². The number of aromatic nitrogens is 2. The number of benzene rings is 3. The van der Waals surface area contributed by atoms with E-state index in [1.54, 1.807) is 0 Å². The maximum atomic E-state index is 12.6. The van der Waals surface area contributed by atoms with Gasteiger partial charge in [0.2, 0.25) is 0 Å². The number of aryl methyl sites for hydroxylation is 3. The number of carbonyl (C=O) groups excluding carboxylic acids is 1. The molecule has 4 rings (SSSR count). The van der Waals surface area contributed by atoms with E-state index in [-0.39, 0.29) is 5.91 Å². The van der Waals surface area contributed by atoms with E-state index in [1.165, 1.54) is 5.56 Å². The normalized spacial score (nSPS) is 11.0. The van der Waals surface area contributed by atoms with Gasteiger partial charge in [-0.3, -0.25) is 4.79 Å². The van der Waals surface area contributed by atoms with Crippen molar-refractivity contribution >= 4 is 16.9 Å². The maximum Gasteiger partial charge on any atom is 0.251 e. The molecule has 0 bridgehead atoms. The molecular formula is C27H29N3O2. The lowest BCUT2D eigenvalue weighted by molar-refractivity contribution is 0.0953. The molecule has 1 amide bonds. The van der Waals surface area contributed by atoms with Crippen molar-refractivity contribution in [3.05, 3.63) is 94.8 Å². The third-order valence-electron chi connectivity index (χ3n) is 5.57. The molecule has 1 heterocycles. The minimum atomic E-state index is -0.0482. The Morgan fingerprint density at radius 2 is 1.78 bits per heavy atom. The zero-order valence-electron chi connectivity index (χ0n) is 18.9. The number of ether oxygens (including phenoxy) is 1. The quantitative estimate of drug-likeness (QED) is 0.430. The number of rotatable bonds is 8. The molecule has 0 atom stereocenters. The number of para-hydroxylation sites is 2. The van der Waals surface area contributed by atoms with Crippen LogP contribution in [0.2, 0.25) is 0 Å². The van der Waals surface area contributed by atoms with Gasteiger partial charge in [0.15, 0.2) is 0 Å². The number of hydrogen-bond acceptors (Lipinski definition) is 3. The Balaban J connectivity index is 1.43. The molecule has 0 spiro atoms. The van der Waals surface area contributed by atoms with Crippen LogP contribution >= 0.6 is 0 Å². The zero-order valence-corrected chi connectivity index (χ0v) is 18.9. The summed E-state index contributed by atoms with van der Waals surface area (Å²) in [6.07, 6.45) is 0.649. The van der Waals surface area contributed by atoms with E-state index in [1.807, 2.05) is 68.4 Å². The van der Waals surface area contributed by atoms with E-state index < -0.39 is 0 Å². The van der Waals surface area contributed by atoms with Crippen molar-refractivity contribution in [1.82, 2.24) is 14.9 Å². The van der Waals surface area contributed by atoms with E-state index in [0.717, 1.165) is 39.3 Å². The average Bonchev–Trinajstić information content (AvgIpc) is 3.11. The molecule has 0 aliphatic rings. The lowest BCUT2D eigenvalue weighted by Gasteiger charge is -2.12. The smallest absolute Gasteiger partial charge is 0.251 e. The summed E-state index contributed by atoms with van der Waals surface area (Å²) in [5.74, 6) is 1.77. The van der Waals surface area contributed by atoms with Gasteiger partial charge in [-0.15, -0.1) is 0 Å². The molecule has 3 aromatic carbocycles. The predicted molar refractivity (Wildman–Crippen MR) is 128 cm³/mol. The molecule has 164 valence electrons. The summed E-state index contributed by atoms with van der Waals surface area (Å²) in [6, 6.07) is 22.1. The van der Waals surface area contributed by atoms with Crippen molar-refractivity contribution in [1.29, 1.82) is 0 Å². The van der Waals surface area contributed by atoms with Crippen molar-refractivity contribution in [2.45, 2.75) is 33.7 Å². The summed E-state index contributed by atoms with van der Waals surface area (Å²) < 4.78 is 8.16. The van der Waals surface area contributed by atoms with Gasteiger partial charge in [0.25, 0.3) is 5.91 Å². The Bertz CT molecular complexity index is 1240. The summed E-state index contributed by atoms with van der Waals surface area (Å²) in [7, 11) is 0. The fourth-order valence-electron chi connectivity index (χ4n) is 3.98. The highest BCUT2D eigenvalue weighted by Crippen LogP contribution is 2.18. The molecule has 5 heteroatoms.